The third-order valence-electron chi connectivity index (χ3n) is 3.45. The summed E-state index contributed by atoms with van der Waals surface area (Å²) >= 11 is 0. The summed E-state index contributed by atoms with van der Waals surface area (Å²) in [5.41, 5.74) is 2.58. The van der Waals surface area contributed by atoms with E-state index in [-0.39, 0.29) is 12.4 Å². The van der Waals surface area contributed by atoms with Crippen LogP contribution < -0.4 is 4.74 Å². The number of hydrogen-bond acceptors (Lipinski definition) is 4. The average Bonchev–Trinajstić information content (AvgIpc) is 2.90. The predicted octanol–water partition coefficient (Wildman–Crippen LogP) is 3.35. The van der Waals surface area contributed by atoms with Gasteiger partial charge in [0.25, 0.3) is 0 Å². The quantitative estimate of drug-likeness (QED) is 0.771. The van der Waals surface area contributed by atoms with Crippen molar-refractivity contribution in [3.8, 4) is 22.8 Å². The van der Waals surface area contributed by atoms with Crippen LogP contribution >= 0.6 is 0 Å². The van der Waals surface area contributed by atoms with E-state index >= 15 is 0 Å². The minimum absolute atomic E-state index is 0.0739. The maximum absolute atomic E-state index is 9.34. The Kier molecular flexibility index (Phi) is 3.54. The van der Waals surface area contributed by atoms with Gasteiger partial charge in [-0.05, 0) is 48.4 Å². The molecule has 0 radical (unpaired) electrons. The zero-order valence-corrected chi connectivity index (χ0v) is 11.7. The molecule has 0 atom stereocenters. The summed E-state index contributed by atoms with van der Waals surface area (Å²) in [6.07, 6.45) is 0.541. The highest BCUT2D eigenvalue weighted by Crippen LogP contribution is 2.33. The summed E-state index contributed by atoms with van der Waals surface area (Å²) < 4.78 is 11.2. The molecule has 0 aliphatic rings. The first-order valence-corrected chi connectivity index (χ1v) is 6.72. The Labute approximate surface area is 122 Å². The van der Waals surface area contributed by atoms with Crippen molar-refractivity contribution in [3.63, 3.8) is 0 Å². The molecule has 4 nitrogen and oxygen atoms in total. The topological polar surface area (TPSA) is 62.8 Å². The molecule has 0 spiro atoms. The molecule has 0 saturated heterocycles. The number of aliphatic hydroxyl groups is 1. The molecule has 1 heterocycles. The molecule has 0 aliphatic heterocycles. The first-order chi connectivity index (χ1) is 10.2. The van der Waals surface area contributed by atoms with Crippen molar-refractivity contribution in [1.82, 2.24) is 0 Å². The van der Waals surface area contributed by atoms with Gasteiger partial charge in [-0.2, -0.15) is 0 Å². The molecule has 0 fully saturated rings. The molecule has 0 saturated carbocycles. The van der Waals surface area contributed by atoms with Crippen LogP contribution in [0, 0.1) is 0 Å². The first kappa shape index (κ1) is 13.5. The average molecular weight is 284 g/mol. The van der Waals surface area contributed by atoms with Gasteiger partial charge < -0.3 is 19.4 Å². The first-order valence-electron chi connectivity index (χ1n) is 6.72. The van der Waals surface area contributed by atoms with Crippen molar-refractivity contribution in [2.45, 2.75) is 6.42 Å². The molecule has 2 N–H and O–H groups in total. The summed E-state index contributed by atoms with van der Waals surface area (Å²) in [4.78, 5) is 0. The molecule has 0 bridgehead atoms. The number of furan rings is 1. The van der Waals surface area contributed by atoms with Gasteiger partial charge in [-0.1, -0.05) is 0 Å². The van der Waals surface area contributed by atoms with E-state index in [4.69, 9.17) is 14.3 Å². The largest absolute Gasteiger partial charge is 0.508 e. The normalized spacial score (nSPS) is 11.0. The number of hydrogen-bond donors (Lipinski definition) is 2. The smallest absolute Gasteiger partial charge is 0.138 e. The number of phenols is 1. The van der Waals surface area contributed by atoms with E-state index in [0.717, 1.165) is 27.9 Å². The van der Waals surface area contributed by atoms with Crippen LogP contribution in [0.2, 0.25) is 0 Å². The molecule has 0 unspecified atom stereocenters. The standard InChI is InChI=1S/C17H16O4/c1-20-15-10-17-13(8-12(15)6-7-18)9-16(21-17)11-2-4-14(19)5-3-11/h2-5,8-10,18-19H,6-7H2,1H3. The zero-order chi connectivity index (χ0) is 14.8. The molecule has 4 heteroatoms. The van der Waals surface area contributed by atoms with E-state index in [2.05, 4.69) is 0 Å². The lowest BCUT2D eigenvalue weighted by molar-refractivity contribution is 0.297. The van der Waals surface area contributed by atoms with E-state index in [1.54, 1.807) is 31.4 Å². The Balaban J connectivity index is 2.09. The van der Waals surface area contributed by atoms with Gasteiger partial charge in [0.2, 0.25) is 0 Å². The number of methoxy groups -OCH3 is 1. The summed E-state index contributed by atoms with van der Waals surface area (Å²) in [5, 5.41) is 19.4. The maximum atomic E-state index is 9.34. The highest BCUT2D eigenvalue weighted by Gasteiger charge is 2.11. The predicted molar refractivity (Wildman–Crippen MR) is 80.7 cm³/mol. The van der Waals surface area contributed by atoms with Crippen LogP contribution in [-0.4, -0.2) is 23.9 Å². The lowest BCUT2D eigenvalue weighted by atomic mass is 10.1. The van der Waals surface area contributed by atoms with Crippen LogP contribution in [0.4, 0.5) is 0 Å². The fourth-order valence-electron chi connectivity index (χ4n) is 2.39. The number of aliphatic hydroxyl groups excluding tert-OH is 1. The van der Waals surface area contributed by atoms with Crippen molar-refractivity contribution >= 4 is 11.0 Å². The number of phenolic OH excluding ortho intramolecular Hbond substituents is 1. The third kappa shape index (κ3) is 2.58. The second-order valence-corrected chi connectivity index (χ2v) is 4.83. The Morgan fingerprint density at radius 3 is 2.52 bits per heavy atom. The van der Waals surface area contributed by atoms with E-state index in [1.165, 1.54) is 0 Å². The number of ether oxygens (including phenoxy) is 1. The third-order valence-corrected chi connectivity index (χ3v) is 3.45. The van der Waals surface area contributed by atoms with Gasteiger partial charge in [-0.3, -0.25) is 0 Å². The number of rotatable bonds is 4. The zero-order valence-electron chi connectivity index (χ0n) is 11.7. The van der Waals surface area contributed by atoms with Crippen LogP contribution in [0.15, 0.2) is 46.9 Å². The van der Waals surface area contributed by atoms with Gasteiger partial charge in [0.15, 0.2) is 0 Å². The van der Waals surface area contributed by atoms with E-state index in [1.807, 2.05) is 18.2 Å². The van der Waals surface area contributed by atoms with Gasteiger partial charge in [0.1, 0.15) is 22.8 Å². The fourth-order valence-corrected chi connectivity index (χ4v) is 2.39. The van der Waals surface area contributed by atoms with Crippen LogP contribution in [0.3, 0.4) is 0 Å². The lowest BCUT2D eigenvalue weighted by Crippen LogP contribution is -1.95. The SMILES string of the molecule is COc1cc2oc(-c3ccc(O)cc3)cc2cc1CCO. The summed E-state index contributed by atoms with van der Waals surface area (Å²) in [5.74, 6) is 1.66. The molecule has 2 aromatic carbocycles. The van der Waals surface area contributed by atoms with Crippen molar-refractivity contribution in [2.24, 2.45) is 0 Å². The Hall–Kier alpha value is -2.46. The highest BCUT2D eigenvalue weighted by atomic mass is 16.5. The van der Waals surface area contributed by atoms with Crippen LogP contribution in [0.25, 0.3) is 22.3 Å². The Morgan fingerprint density at radius 1 is 1.10 bits per heavy atom. The van der Waals surface area contributed by atoms with Crippen molar-refractivity contribution < 1.29 is 19.4 Å². The van der Waals surface area contributed by atoms with Gasteiger partial charge in [-0.15, -0.1) is 0 Å². The van der Waals surface area contributed by atoms with Crippen LogP contribution in [0.5, 0.6) is 11.5 Å². The number of benzene rings is 2. The van der Waals surface area contributed by atoms with Gasteiger partial charge in [0, 0.05) is 23.6 Å². The Bertz CT molecular complexity index is 756. The minimum Gasteiger partial charge on any atom is -0.508 e. The highest BCUT2D eigenvalue weighted by molar-refractivity contribution is 5.85. The van der Waals surface area contributed by atoms with Gasteiger partial charge in [0.05, 0.1) is 7.11 Å². The monoisotopic (exact) mass is 284 g/mol. The van der Waals surface area contributed by atoms with E-state index < -0.39 is 0 Å². The molecular formula is C17H16O4. The molecular weight excluding hydrogens is 268 g/mol. The van der Waals surface area contributed by atoms with E-state index in [9.17, 15) is 5.11 Å². The van der Waals surface area contributed by atoms with Crippen LogP contribution in [0.1, 0.15) is 5.56 Å². The Morgan fingerprint density at radius 2 is 1.86 bits per heavy atom. The second kappa shape index (κ2) is 5.50. The minimum atomic E-state index is 0.0739. The number of fused-ring (bicyclic) bond motifs is 1. The lowest BCUT2D eigenvalue weighted by Gasteiger charge is -2.06. The van der Waals surface area contributed by atoms with Crippen molar-refractivity contribution in [2.75, 3.05) is 13.7 Å². The van der Waals surface area contributed by atoms with Gasteiger partial charge >= 0.3 is 0 Å². The molecule has 0 aliphatic carbocycles. The molecule has 3 aromatic rings. The van der Waals surface area contributed by atoms with E-state index in [0.29, 0.717) is 12.2 Å². The molecule has 3 rings (SSSR count). The summed E-state index contributed by atoms with van der Waals surface area (Å²) in [6.45, 7) is 0.0739. The van der Waals surface area contributed by atoms with Gasteiger partial charge in [-0.25, -0.2) is 0 Å². The second-order valence-electron chi connectivity index (χ2n) is 4.83. The summed E-state index contributed by atoms with van der Waals surface area (Å²) in [6, 6.07) is 12.6. The molecule has 0 amide bonds. The van der Waals surface area contributed by atoms with Crippen molar-refractivity contribution in [3.05, 3.63) is 48.0 Å². The molecule has 108 valence electrons. The molecule has 21 heavy (non-hydrogen) atoms. The fraction of sp³-hybridized carbons (Fsp3) is 0.176. The van der Waals surface area contributed by atoms with Crippen LogP contribution in [-0.2, 0) is 6.42 Å². The number of aromatic hydroxyl groups is 1. The van der Waals surface area contributed by atoms with Crippen molar-refractivity contribution in [1.29, 1.82) is 0 Å². The summed E-state index contributed by atoms with van der Waals surface area (Å²) in [7, 11) is 1.60. The molecule has 1 aromatic heterocycles. The maximum Gasteiger partial charge on any atom is 0.138 e.